The average molecular weight is 315 g/mol. The summed E-state index contributed by atoms with van der Waals surface area (Å²) in [4.78, 5) is 14.3. The molecule has 0 heterocycles. The van der Waals surface area contributed by atoms with Gasteiger partial charge in [0, 0.05) is 29.5 Å². The number of hydrogen-bond acceptors (Lipinski definition) is 2. The van der Waals surface area contributed by atoms with E-state index >= 15 is 0 Å². The van der Waals surface area contributed by atoms with Crippen LogP contribution in [0.4, 0.5) is 0 Å². The lowest BCUT2D eigenvalue weighted by atomic mass is 10.2. The molecule has 1 aromatic carbocycles. The molecule has 0 bridgehead atoms. The fourth-order valence-electron chi connectivity index (χ4n) is 1.42. The summed E-state index contributed by atoms with van der Waals surface area (Å²) in [7, 11) is 0. The van der Waals surface area contributed by atoms with Crippen molar-refractivity contribution in [2.45, 2.75) is 13.3 Å². The summed E-state index contributed by atoms with van der Waals surface area (Å²) in [6, 6.07) is 7.31. The standard InChI is InChI=1S/C12H15BrN2OS/c1-2-15(8-7-11(14)17)12(16)9-3-5-10(13)6-4-9/h3-6H,2,7-8H2,1H3,(H2,14,17). The third-order valence-corrected chi connectivity index (χ3v) is 3.12. The molecule has 0 unspecified atom stereocenters. The van der Waals surface area contributed by atoms with E-state index in [0.29, 0.717) is 30.1 Å². The van der Waals surface area contributed by atoms with Crippen LogP contribution in [0.5, 0.6) is 0 Å². The van der Waals surface area contributed by atoms with Gasteiger partial charge in [-0.1, -0.05) is 28.1 Å². The van der Waals surface area contributed by atoms with Gasteiger partial charge in [-0.2, -0.15) is 0 Å². The van der Waals surface area contributed by atoms with E-state index in [9.17, 15) is 4.79 Å². The maximum Gasteiger partial charge on any atom is 0.253 e. The molecule has 0 aliphatic carbocycles. The van der Waals surface area contributed by atoms with Crippen LogP contribution in [-0.4, -0.2) is 28.9 Å². The minimum absolute atomic E-state index is 0.0104. The molecule has 0 atom stereocenters. The molecule has 0 saturated heterocycles. The number of rotatable bonds is 5. The van der Waals surface area contributed by atoms with Crippen molar-refractivity contribution < 1.29 is 4.79 Å². The van der Waals surface area contributed by atoms with Crippen LogP contribution in [-0.2, 0) is 0 Å². The van der Waals surface area contributed by atoms with Crippen LogP contribution in [0.25, 0.3) is 0 Å². The molecular formula is C12H15BrN2OS. The van der Waals surface area contributed by atoms with E-state index in [1.807, 2.05) is 19.1 Å². The first-order valence-corrected chi connectivity index (χ1v) is 6.58. The molecule has 0 spiro atoms. The molecule has 92 valence electrons. The summed E-state index contributed by atoms with van der Waals surface area (Å²) in [5.41, 5.74) is 6.12. The maximum absolute atomic E-state index is 12.1. The van der Waals surface area contributed by atoms with Crippen LogP contribution in [0.3, 0.4) is 0 Å². The Labute approximate surface area is 115 Å². The normalized spacial score (nSPS) is 10.0. The summed E-state index contributed by atoms with van der Waals surface area (Å²) in [5.74, 6) is 0.0104. The second kappa shape index (κ2) is 6.71. The van der Waals surface area contributed by atoms with E-state index in [0.717, 1.165) is 4.47 Å². The number of halogens is 1. The number of benzene rings is 1. The van der Waals surface area contributed by atoms with Crippen molar-refractivity contribution in [1.82, 2.24) is 4.90 Å². The minimum atomic E-state index is 0.0104. The molecule has 0 aromatic heterocycles. The molecule has 0 saturated carbocycles. The highest BCUT2D eigenvalue weighted by Gasteiger charge is 2.13. The zero-order valence-electron chi connectivity index (χ0n) is 9.65. The quantitative estimate of drug-likeness (QED) is 0.850. The molecular weight excluding hydrogens is 300 g/mol. The Kier molecular flexibility index (Phi) is 5.58. The molecule has 5 heteroatoms. The van der Waals surface area contributed by atoms with Gasteiger partial charge in [0.15, 0.2) is 0 Å². The molecule has 2 N–H and O–H groups in total. The minimum Gasteiger partial charge on any atom is -0.393 e. The van der Waals surface area contributed by atoms with Gasteiger partial charge >= 0.3 is 0 Å². The van der Waals surface area contributed by atoms with Crippen molar-refractivity contribution in [2.24, 2.45) is 5.73 Å². The van der Waals surface area contributed by atoms with Crippen LogP contribution in [0.2, 0.25) is 0 Å². The first kappa shape index (κ1) is 14.1. The van der Waals surface area contributed by atoms with Crippen molar-refractivity contribution in [3.8, 4) is 0 Å². The lowest BCUT2D eigenvalue weighted by Gasteiger charge is -2.20. The molecule has 0 aliphatic heterocycles. The highest BCUT2D eigenvalue weighted by atomic mass is 79.9. The van der Waals surface area contributed by atoms with Crippen molar-refractivity contribution >= 4 is 39.0 Å². The van der Waals surface area contributed by atoms with Crippen molar-refractivity contribution in [1.29, 1.82) is 0 Å². The van der Waals surface area contributed by atoms with E-state index in [2.05, 4.69) is 15.9 Å². The second-order valence-corrected chi connectivity index (χ2v) is 5.05. The van der Waals surface area contributed by atoms with Crippen LogP contribution >= 0.6 is 28.1 Å². The lowest BCUT2D eigenvalue weighted by molar-refractivity contribution is 0.0769. The van der Waals surface area contributed by atoms with E-state index in [-0.39, 0.29) is 5.91 Å². The summed E-state index contributed by atoms with van der Waals surface area (Å²) < 4.78 is 0.959. The number of nitrogens with two attached hydrogens (primary N) is 1. The molecule has 0 fully saturated rings. The number of hydrogen-bond donors (Lipinski definition) is 1. The summed E-state index contributed by atoms with van der Waals surface area (Å²) >= 11 is 8.16. The van der Waals surface area contributed by atoms with Gasteiger partial charge in [0.05, 0.1) is 4.99 Å². The monoisotopic (exact) mass is 314 g/mol. The Bertz CT molecular complexity index is 405. The zero-order valence-corrected chi connectivity index (χ0v) is 12.1. The largest absolute Gasteiger partial charge is 0.393 e. The van der Waals surface area contributed by atoms with Gasteiger partial charge in [-0.05, 0) is 31.2 Å². The van der Waals surface area contributed by atoms with Gasteiger partial charge in [0.1, 0.15) is 0 Å². The Hall–Kier alpha value is -0.940. The van der Waals surface area contributed by atoms with E-state index < -0.39 is 0 Å². The topological polar surface area (TPSA) is 46.3 Å². The van der Waals surface area contributed by atoms with Gasteiger partial charge in [0.25, 0.3) is 5.91 Å². The molecule has 1 amide bonds. The van der Waals surface area contributed by atoms with E-state index in [4.69, 9.17) is 18.0 Å². The first-order chi connectivity index (χ1) is 8.04. The maximum atomic E-state index is 12.1. The van der Waals surface area contributed by atoms with Crippen LogP contribution in [0.15, 0.2) is 28.7 Å². The van der Waals surface area contributed by atoms with E-state index in [1.54, 1.807) is 17.0 Å². The molecule has 0 aliphatic rings. The van der Waals surface area contributed by atoms with E-state index in [1.165, 1.54) is 0 Å². The Morgan fingerprint density at radius 1 is 1.41 bits per heavy atom. The smallest absolute Gasteiger partial charge is 0.253 e. The number of thiocarbonyl (C=S) groups is 1. The summed E-state index contributed by atoms with van der Waals surface area (Å²) in [6.07, 6.45) is 0.561. The van der Waals surface area contributed by atoms with Gasteiger partial charge < -0.3 is 10.6 Å². The molecule has 1 rings (SSSR count). The predicted molar refractivity (Wildman–Crippen MR) is 77.1 cm³/mol. The SMILES string of the molecule is CCN(CCC(N)=S)C(=O)c1ccc(Br)cc1. The summed E-state index contributed by atoms with van der Waals surface area (Å²) in [6.45, 7) is 3.16. The van der Waals surface area contributed by atoms with Crippen LogP contribution in [0.1, 0.15) is 23.7 Å². The molecule has 0 radical (unpaired) electrons. The lowest BCUT2D eigenvalue weighted by Crippen LogP contribution is -2.33. The van der Waals surface area contributed by atoms with Gasteiger partial charge in [0.2, 0.25) is 0 Å². The Balaban J connectivity index is 2.71. The van der Waals surface area contributed by atoms with Gasteiger partial charge in [-0.3, -0.25) is 4.79 Å². The van der Waals surface area contributed by atoms with Crippen LogP contribution in [0, 0.1) is 0 Å². The van der Waals surface area contributed by atoms with Crippen molar-refractivity contribution in [2.75, 3.05) is 13.1 Å². The number of nitrogens with zero attached hydrogens (tertiary/aromatic N) is 1. The zero-order chi connectivity index (χ0) is 12.8. The fraction of sp³-hybridized carbons (Fsp3) is 0.333. The van der Waals surface area contributed by atoms with Crippen LogP contribution < -0.4 is 5.73 Å². The Morgan fingerprint density at radius 3 is 2.47 bits per heavy atom. The highest BCUT2D eigenvalue weighted by molar-refractivity contribution is 9.10. The molecule has 1 aromatic rings. The number of carbonyl (C=O) groups is 1. The fourth-order valence-corrected chi connectivity index (χ4v) is 1.78. The first-order valence-electron chi connectivity index (χ1n) is 5.37. The number of amides is 1. The highest BCUT2D eigenvalue weighted by Crippen LogP contribution is 2.12. The van der Waals surface area contributed by atoms with Gasteiger partial charge in [-0.15, -0.1) is 0 Å². The van der Waals surface area contributed by atoms with Gasteiger partial charge in [-0.25, -0.2) is 0 Å². The number of carbonyl (C=O) groups excluding carboxylic acids is 1. The molecule has 17 heavy (non-hydrogen) atoms. The predicted octanol–water partition coefficient (Wildman–Crippen LogP) is 2.59. The van der Waals surface area contributed by atoms with Crippen molar-refractivity contribution in [3.63, 3.8) is 0 Å². The summed E-state index contributed by atoms with van der Waals surface area (Å²) in [5, 5.41) is 0. The average Bonchev–Trinajstić information content (AvgIpc) is 2.30. The van der Waals surface area contributed by atoms with Crippen molar-refractivity contribution in [3.05, 3.63) is 34.3 Å². The Morgan fingerprint density at radius 2 is 2.00 bits per heavy atom. The third kappa shape index (κ3) is 4.44. The molecule has 3 nitrogen and oxygen atoms in total. The second-order valence-electron chi connectivity index (χ2n) is 3.61. The third-order valence-electron chi connectivity index (χ3n) is 2.39.